The first kappa shape index (κ1) is 14.2. The van der Waals surface area contributed by atoms with Crippen molar-refractivity contribution in [2.24, 2.45) is 0 Å². The van der Waals surface area contributed by atoms with Crippen molar-refractivity contribution in [2.75, 3.05) is 0 Å². The van der Waals surface area contributed by atoms with Gasteiger partial charge in [0.05, 0.1) is 6.10 Å². The lowest BCUT2D eigenvalue weighted by Crippen LogP contribution is -2.31. The third-order valence-corrected chi connectivity index (χ3v) is 4.26. The van der Waals surface area contributed by atoms with Gasteiger partial charge in [0, 0.05) is 17.5 Å². The minimum atomic E-state index is -0.638. The Morgan fingerprint density at radius 3 is 2.53 bits per heavy atom. The monoisotopic (exact) mass is 279 g/mol. The molecule has 1 aromatic carbocycles. The maximum atomic E-state index is 12.8. The fraction of sp³-hybridized carbons (Fsp3) is 0.333. The second-order valence-electron chi connectivity index (χ2n) is 4.69. The Morgan fingerprint density at radius 1 is 1.26 bits per heavy atom. The van der Waals surface area contributed by atoms with Crippen LogP contribution in [0.15, 0.2) is 35.7 Å². The average molecular weight is 279 g/mol. The SMILES string of the molecule is Cc1ccsc1CNC(C)C(O)c1ccc(F)cc1. The molecule has 0 saturated carbocycles. The number of nitrogens with one attached hydrogen (secondary N) is 1. The summed E-state index contributed by atoms with van der Waals surface area (Å²) in [5.41, 5.74) is 1.99. The largest absolute Gasteiger partial charge is 0.387 e. The van der Waals surface area contributed by atoms with E-state index in [1.165, 1.54) is 22.6 Å². The predicted octanol–water partition coefficient (Wildman–Crippen LogP) is 3.41. The van der Waals surface area contributed by atoms with E-state index >= 15 is 0 Å². The Balaban J connectivity index is 1.94. The third-order valence-electron chi connectivity index (χ3n) is 3.24. The molecule has 102 valence electrons. The van der Waals surface area contributed by atoms with E-state index in [1.54, 1.807) is 23.5 Å². The average Bonchev–Trinajstić information content (AvgIpc) is 2.81. The molecular weight excluding hydrogens is 261 g/mol. The molecule has 2 aromatic rings. The molecule has 1 heterocycles. The van der Waals surface area contributed by atoms with Gasteiger partial charge in [-0.1, -0.05) is 12.1 Å². The minimum absolute atomic E-state index is 0.0908. The summed E-state index contributed by atoms with van der Waals surface area (Å²) in [6, 6.07) is 7.97. The van der Waals surface area contributed by atoms with Crippen LogP contribution in [0.2, 0.25) is 0 Å². The van der Waals surface area contributed by atoms with Gasteiger partial charge in [0.15, 0.2) is 0 Å². The molecule has 0 aliphatic heterocycles. The van der Waals surface area contributed by atoms with Gasteiger partial charge < -0.3 is 10.4 Å². The quantitative estimate of drug-likeness (QED) is 0.879. The summed E-state index contributed by atoms with van der Waals surface area (Å²) in [5.74, 6) is -0.286. The number of aliphatic hydroxyl groups excluding tert-OH is 1. The number of hydrogen-bond acceptors (Lipinski definition) is 3. The van der Waals surface area contributed by atoms with E-state index in [4.69, 9.17) is 0 Å². The van der Waals surface area contributed by atoms with Crippen LogP contribution in [0.25, 0.3) is 0 Å². The van der Waals surface area contributed by atoms with Gasteiger partial charge in [-0.2, -0.15) is 0 Å². The zero-order valence-corrected chi connectivity index (χ0v) is 11.9. The van der Waals surface area contributed by atoms with Gasteiger partial charge in [0.25, 0.3) is 0 Å². The summed E-state index contributed by atoms with van der Waals surface area (Å²) in [4.78, 5) is 1.28. The predicted molar refractivity (Wildman–Crippen MR) is 76.7 cm³/mol. The fourth-order valence-electron chi connectivity index (χ4n) is 1.90. The Morgan fingerprint density at radius 2 is 1.95 bits per heavy atom. The first-order chi connectivity index (χ1) is 9.08. The zero-order valence-electron chi connectivity index (χ0n) is 11.1. The Kier molecular flexibility index (Phi) is 4.69. The molecule has 4 heteroatoms. The van der Waals surface area contributed by atoms with E-state index in [1.807, 2.05) is 6.92 Å². The molecule has 0 amide bonds. The molecule has 1 aromatic heterocycles. The lowest BCUT2D eigenvalue weighted by atomic mass is 10.0. The van der Waals surface area contributed by atoms with Crippen molar-refractivity contribution in [1.82, 2.24) is 5.32 Å². The van der Waals surface area contributed by atoms with E-state index in [9.17, 15) is 9.50 Å². The normalized spacial score (nSPS) is 14.3. The van der Waals surface area contributed by atoms with Crippen LogP contribution in [0.1, 0.15) is 29.0 Å². The minimum Gasteiger partial charge on any atom is -0.387 e. The van der Waals surface area contributed by atoms with E-state index in [-0.39, 0.29) is 11.9 Å². The number of thiophene rings is 1. The molecular formula is C15H18FNOS. The lowest BCUT2D eigenvalue weighted by molar-refractivity contribution is 0.135. The molecule has 2 unspecified atom stereocenters. The number of benzene rings is 1. The van der Waals surface area contributed by atoms with Crippen molar-refractivity contribution >= 4 is 11.3 Å². The molecule has 2 atom stereocenters. The molecule has 2 nitrogen and oxygen atoms in total. The van der Waals surface area contributed by atoms with Gasteiger partial charge in [0.1, 0.15) is 5.82 Å². The van der Waals surface area contributed by atoms with Gasteiger partial charge in [-0.25, -0.2) is 4.39 Å². The van der Waals surface area contributed by atoms with Crippen LogP contribution in [0.5, 0.6) is 0 Å². The zero-order chi connectivity index (χ0) is 13.8. The molecule has 0 aliphatic carbocycles. The van der Waals surface area contributed by atoms with Gasteiger partial charge in [-0.15, -0.1) is 11.3 Å². The van der Waals surface area contributed by atoms with Crippen molar-refractivity contribution in [3.8, 4) is 0 Å². The fourth-order valence-corrected chi connectivity index (χ4v) is 2.76. The Bertz CT molecular complexity index is 523. The van der Waals surface area contributed by atoms with Crippen molar-refractivity contribution in [2.45, 2.75) is 32.5 Å². The van der Waals surface area contributed by atoms with E-state index in [0.717, 1.165) is 12.1 Å². The summed E-state index contributed by atoms with van der Waals surface area (Å²) in [5, 5.41) is 15.6. The number of rotatable bonds is 5. The number of aliphatic hydroxyl groups is 1. The number of hydrogen-bond donors (Lipinski definition) is 2. The molecule has 0 fully saturated rings. The topological polar surface area (TPSA) is 32.3 Å². The van der Waals surface area contributed by atoms with E-state index in [0.29, 0.717) is 0 Å². The Hall–Kier alpha value is -1.23. The molecule has 0 aliphatic rings. The standard InChI is InChI=1S/C15H18FNOS/c1-10-7-8-19-14(10)9-17-11(2)15(18)12-3-5-13(16)6-4-12/h3-8,11,15,17-18H,9H2,1-2H3. The second kappa shape index (κ2) is 6.28. The highest BCUT2D eigenvalue weighted by atomic mass is 32.1. The summed E-state index contributed by atoms with van der Waals surface area (Å²) in [7, 11) is 0. The highest BCUT2D eigenvalue weighted by Gasteiger charge is 2.16. The molecule has 19 heavy (non-hydrogen) atoms. The summed E-state index contributed by atoms with van der Waals surface area (Å²) >= 11 is 1.71. The molecule has 0 spiro atoms. The van der Waals surface area contributed by atoms with Crippen LogP contribution < -0.4 is 5.32 Å². The summed E-state index contributed by atoms with van der Waals surface area (Å²) in [6.07, 6.45) is -0.638. The maximum absolute atomic E-state index is 12.8. The van der Waals surface area contributed by atoms with Gasteiger partial charge >= 0.3 is 0 Å². The number of aryl methyl sites for hydroxylation is 1. The van der Waals surface area contributed by atoms with Crippen LogP contribution in [-0.2, 0) is 6.54 Å². The van der Waals surface area contributed by atoms with Crippen LogP contribution in [-0.4, -0.2) is 11.1 Å². The summed E-state index contributed by atoms with van der Waals surface area (Å²) < 4.78 is 12.8. The molecule has 0 bridgehead atoms. The van der Waals surface area contributed by atoms with E-state index < -0.39 is 6.10 Å². The van der Waals surface area contributed by atoms with Crippen molar-refractivity contribution in [1.29, 1.82) is 0 Å². The van der Waals surface area contributed by atoms with Crippen molar-refractivity contribution in [3.05, 3.63) is 57.5 Å². The van der Waals surface area contributed by atoms with Gasteiger partial charge in [-0.3, -0.25) is 0 Å². The highest BCUT2D eigenvalue weighted by molar-refractivity contribution is 7.10. The number of halogens is 1. The van der Waals surface area contributed by atoms with Crippen LogP contribution >= 0.6 is 11.3 Å². The van der Waals surface area contributed by atoms with Gasteiger partial charge in [-0.05, 0) is 48.6 Å². The van der Waals surface area contributed by atoms with Crippen LogP contribution in [0, 0.1) is 12.7 Å². The molecule has 0 saturated heterocycles. The van der Waals surface area contributed by atoms with Crippen molar-refractivity contribution < 1.29 is 9.50 Å². The van der Waals surface area contributed by atoms with E-state index in [2.05, 4.69) is 23.7 Å². The van der Waals surface area contributed by atoms with Crippen LogP contribution in [0.4, 0.5) is 4.39 Å². The second-order valence-corrected chi connectivity index (χ2v) is 5.69. The lowest BCUT2D eigenvalue weighted by Gasteiger charge is -2.20. The maximum Gasteiger partial charge on any atom is 0.123 e. The summed E-state index contributed by atoms with van der Waals surface area (Å²) in [6.45, 7) is 4.74. The van der Waals surface area contributed by atoms with Crippen molar-refractivity contribution in [3.63, 3.8) is 0 Å². The Labute approximate surface area is 116 Å². The smallest absolute Gasteiger partial charge is 0.123 e. The highest BCUT2D eigenvalue weighted by Crippen LogP contribution is 2.19. The third kappa shape index (κ3) is 3.62. The molecule has 0 radical (unpaired) electrons. The molecule has 2 rings (SSSR count). The first-order valence-corrected chi connectivity index (χ1v) is 7.16. The first-order valence-electron chi connectivity index (χ1n) is 6.28. The van der Waals surface area contributed by atoms with Crippen LogP contribution in [0.3, 0.4) is 0 Å². The molecule has 2 N–H and O–H groups in total. The van der Waals surface area contributed by atoms with Gasteiger partial charge in [0.2, 0.25) is 0 Å².